The molecule has 0 radical (unpaired) electrons. The second kappa shape index (κ2) is 6.51. The van der Waals surface area contributed by atoms with Gasteiger partial charge in [0.1, 0.15) is 10.8 Å². The normalized spacial score (nSPS) is 10.1. The van der Waals surface area contributed by atoms with Gasteiger partial charge < -0.3 is 10.1 Å². The first kappa shape index (κ1) is 13.0. The molecule has 18 heavy (non-hydrogen) atoms. The van der Waals surface area contributed by atoms with E-state index in [9.17, 15) is 4.79 Å². The van der Waals surface area contributed by atoms with Crippen molar-refractivity contribution in [3.05, 3.63) is 40.4 Å². The van der Waals surface area contributed by atoms with E-state index in [0.29, 0.717) is 13.0 Å². The largest absolute Gasteiger partial charge is 0.493 e. The van der Waals surface area contributed by atoms with Crippen molar-refractivity contribution in [2.45, 2.75) is 6.42 Å². The van der Waals surface area contributed by atoms with Crippen molar-refractivity contribution in [3.8, 4) is 5.75 Å². The summed E-state index contributed by atoms with van der Waals surface area (Å²) in [4.78, 5) is 15.4. The topological polar surface area (TPSA) is 51.2 Å². The lowest BCUT2D eigenvalue weighted by Gasteiger charge is -2.06. The molecule has 2 aromatic rings. The summed E-state index contributed by atoms with van der Waals surface area (Å²) in [5.74, 6) is 0.681. The number of hydrogen-bond acceptors (Lipinski definition) is 4. The van der Waals surface area contributed by atoms with Crippen molar-refractivity contribution in [3.63, 3.8) is 0 Å². The second-order valence-electron chi connectivity index (χ2n) is 3.47. The Morgan fingerprint density at radius 3 is 2.83 bits per heavy atom. The summed E-state index contributed by atoms with van der Waals surface area (Å²) in [5, 5.41) is 3.50. The van der Waals surface area contributed by atoms with Crippen LogP contribution >= 0.6 is 27.3 Å². The molecule has 0 aliphatic rings. The molecule has 0 atom stereocenters. The number of nitrogens with zero attached hydrogens (tertiary/aromatic N) is 1. The van der Waals surface area contributed by atoms with Crippen molar-refractivity contribution >= 4 is 38.2 Å². The van der Waals surface area contributed by atoms with Crippen LogP contribution in [-0.4, -0.2) is 17.5 Å². The van der Waals surface area contributed by atoms with Gasteiger partial charge in [0.25, 0.3) is 0 Å². The standard InChI is InChI=1S/C12H11BrN2O2S/c13-9-1-3-10(4-2-9)17-6-5-11(16)15-12-7-14-8-18-12/h1-4,7-8H,5-6H2,(H,15,16). The fraction of sp³-hybridized carbons (Fsp3) is 0.167. The number of thiazole rings is 1. The number of hydrogen-bond donors (Lipinski definition) is 1. The molecule has 1 heterocycles. The molecule has 1 aromatic carbocycles. The Bertz CT molecular complexity index is 499. The number of carbonyl (C=O) groups excluding carboxylic acids is 1. The van der Waals surface area contributed by atoms with Crippen LogP contribution in [0.3, 0.4) is 0 Å². The number of amides is 1. The molecule has 0 spiro atoms. The lowest BCUT2D eigenvalue weighted by molar-refractivity contribution is -0.116. The molecule has 0 saturated heterocycles. The first-order chi connectivity index (χ1) is 8.74. The van der Waals surface area contributed by atoms with Gasteiger partial charge in [0.05, 0.1) is 24.7 Å². The number of ether oxygens (including phenoxy) is 1. The monoisotopic (exact) mass is 326 g/mol. The Hall–Kier alpha value is -1.40. The molecular formula is C12H11BrN2O2S. The highest BCUT2D eigenvalue weighted by Crippen LogP contribution is 2.16. The van der Waals surface area contributed by atoms with E-state index in [4.69, 9.17) is 4.74 Å². The van der Waals surface area contributed by atoms with E-state index in [-0.39, 0.29) is 5.91 Å². The maximum atomic E-state index is 11.5. The summed E-state index contributed by atoms with van der Waals surface area (Å²) in [5.41, 5.74) is 1.67. The van der Waals surface area contributed by atoms with Gasteiger partial charge in [0.15, 0.2) is 0 Å². The predicted molar refractivity (Wildman–Crippen MR) is 75.0 cm³/mol. The van der Waals surface area contributed by atoms with Gasteiger partial charge in [-0.05, 0) is 24.3 Å². The quantitative estimate of drug-likeness (QED) is 0.917. The highest BCUT2D eigenvalue weighted by Gasteiger charge is 2.03. The van der Waals surface area contributed by atoms with Gasteiger partial charge >= 0.3 is 0 Å². The first-order valence-electron chi connectivity index (χ1n) is 5.31. The maximum Gasteiger partial charge on any atom is 0.228 e. The number of aromatic nitrogens is 1. The molecule has 1 aromatic heterocycles. The predicted octanol–water partition coefficient (Wildman–Crippen LogP) is 3.31. The van der Waals surface area contributed by atoms with Crippen LogP contribution in [0.15, 0.2) is 40.4 Å². The summed E-state index contributed by atoms with van der Waals surface area (Å²) in [7, 11) is 0. The third-order valence-corrected chi connectivity index (χ3v) is 3.32. The smallest absolute Gasteiger partial charge is 0.228 e. The molecule has 0 aliphatic carbocycles. The van der Waals surface area contributed by atoms with Crippen molar-refractivity contribution in [2.75, 3.05) is 11.9 Å². The van der Waals surface area contributed by atoms with Gasteiger partial charge in [-0.2, -0.15) is 0 Å². The molecule has 0 saturated carbocycles. The number of rotatable bonds is 5. The Balaban J connectivity index is 1.72. The van der Waals surface area contributed by atoms with Gasteiger partial charge in [0.2, 0.25) is 5.91 Å². The van der Waals surface area contributed by atoms with Gasteiger partial charge in [-0.15, -0.1) is 11.3 Å². The maximum absolute atomic E-state index is 11.5. The average molecular weight is 327 g/mol. The third-order valence-electron chi connectivity index (χ3n) is 2.11. The van der Waals surface area contributed by atoms with Gasteiger partial charge in [-0.1, -0.05) is 15.9 Å². The van der Waals surface area contributed by atoms with E-state index >= 15 is 0 Å². The van der Waals surface area contributed by atoms with E-state index in [1.54, 1.807) is 11.7 Å². The number of nitrogens with one attached hydrogen (secondary N) is 1. The minimum atomic E-state index is -0.0728. The van der Waals surface area contributed by atoms with Crippen molar-refractivity contribution in [1.29, 1.82) is 0 Å². The molecule has 4 nitrogen and oxygen atoms in total. The summed E-state index contributed by atoms with van der Waals surface area (Å²) in [6.07, 6.45) is 1.94. The number of benzene rings is 1. The van der Waals surface area contributed by atoms with Gasteiger partial charge in [-0.25, -0.2) is 0 Å². The number of anilines is 1. The second-order valence-corrected chi connectivity index (χ2v) is 5.27. The Kier molecular flexibility index (Phi) is 4.72. The molecule has 94 valence electrons. The molecule has 0 aliphatic heterocycles. The number of halogens is 1. The molecule has 6 heteroatoms. The average Bonchev–Trinajstić information content (AvgIpc) is 2.84. The minimum absolute atomic E-state index is 0.0728. The van der Waals surface area contributed by atoms with Crippen LogP contribution in [0.5, 0.6) is 5.75 Å². The zero-order valence-corrected chi connectivity index (χ0v) is 11.8. The highest BCUT2D eigenvalue weighted by molar-refractivity contribution is 9.10. The first-order valence-corrected chi connectivity index (χ1v) is 6.98. The Morgan fingerprint density at radius 2 is 2.17 bits per heavy atom. The SMILES string of the molecule is O=C(CCOc1ccc(Br)cc1)Nc1cncs1. The molecular weight excluding hydrogens is 316 g/mol. The van der Waals surface area contributed by atoms with Crippen molar-refractivity contribution < 1.29 is 9.53 Å². The Labute approximate surface area is 117 Å². The zero-order chi connectivity index (χ0) is 12.8. The van der Waals surface area contributed by atoms with E-state index < -0.39 is 0 Å². The summed E-state index contributed by atoms with van der Waals surface area (Å²) >= 11 is 4.74. The van der Waals surface area contributed by atoms with Crippen LogP contribution < -0.4 is 10.1 Å². The summed E-state index contributed by atoms with van der Waals surface area (Å²) in [6, 6.07) is 7.50. The van der Waals surface area contributed by atoms with Crippen LogP contribution in [-0.2, 0) is 4.79 Å². The van der Waals surface area contributed by atoms with Crippen LogP contribution in [0.4, 0.5) is 5.00 Å². The van der Waals surface area contributed by atoms with Gasteiger partial charge in [-0.3, -0.25) is 9.78 Å². The highest BCUT2D eigenvalue weighted by atomic mass is 79.9. The van der Waals surface area contributed by atoms with E-state index in [1.165, 1.54) is 11.3 Å². The lowest BCUT2D eigenvalue weighted by Crippen LogP contribution is -2.14. The fourth-order valence-electron chi connectivity index (χ4n) is 1.27. The summed E-state index contributed by atoms with van der Waals surface area (Å²) < 4.78 is 6.45. The van der Waals surface area contributed by atoms with Crippen LogP contribution in [0.25, 0.3) is 0 Å². The molecule has 0 unspecified atom stereocenters. The molecule has 1 N–H and O–H groups in total. The van der Waals surface area contributed by atoms with E-state index in [1.807, 2.05) is 24.3 Å². The zero-order valence-electron chi connectivity index (χ0n) is 9.43. The lowest BCUT2D eigenvalue weighted by atomic mass is 10.3. The number of carbonyl (C=O) groups is 1. The third kappa shape index (κ3) is 4.12. The van der Waals surface area contributed by atoms with E-state index in [2.05, 4.69) is 26.2 Å². The van der Waals surface area contributed by atoms with E-state index in [0.717, 1.165) is 15.2 Å². The molecule has 2 rings (SSSR count). The van der Waals surface area contributed by atoms with Crippen molar-refractivity contribution in [2.24, 2.45) is 0 Å². The minimum Gasteiger partial charge on any atom is -0.493 e. The van der Waals surface area contributed by atoms with Crippen LogP contribution in [0.2, 0.25) is 0 Å². The van der Waals surface area contributed by atoms with Crippen molar-refractivity contribution in [1.82, 2.24) is 4.98 Å². The fourth-order valence-corrected chi connectivity index (χ4v) is 2.06. The molecule has 0 fully saturated rings. The van der Waals surface area contributed by atoms with Crippen LogP contribution in [0, 0.1) is 0 Å². The van der Waals surface area contributed by atoms with Gasteiger partial charge in [0, 0.05) is 4.47 Å². The molecule has 1 amide bonds. The molecule has 0 bridgehead atoms. The Morgan fingerprint density at radius 1 is 1.39 bits per heavy atom. The summed E-state index contributed by atoms with van der Waals surface area (Å²) in [6.45, 7) is 0.353. The van der Waals surface area contributed by atoms with Crippen LogP contribution in [0.1, 0.15) is 6.42 Å².